The minimum Gasteiger partial charge on any atom is -0.368 e. The number of nitrogens with two attached hydrogens (primary N) is 2. The van der Waals surface area contributed by atoms with Gasteiger partial charge in [0, 0.05) is 22.4 Å². The van der Waals surface area contributed by atoms with Gasteiger partial charge in [0.05, 0.1) is 35.9 Å². The van der Waals surface area contributed by atoms with Crippen molar-refractivity contribution in [2.75, 3.05) is 22.1 Å². The maximum absolute atomic E-state index is 14.1. The molecule has 10 rings (SSSR count). The van der Waals surface area contributed by atoms with Crippen LogP contribution in [0.1, 0.15) is 48.4 Å². The van der Waals surface area contributed by atoms with Crippen LogP contribution in [-0.2, 0) is 0 Å². The lowest BCUT2D eigenvalue weighted by atomic mass is 9.96. The Labute approximate surface area is 362 Å². The fraction of sp³-hybridized carbons (Fsp3) is 0.130. The number of benzene rings is 2. The Bertz CT molecular complexity index is 3310. The van der Waals surface area contributed by atoms with E-state index in [4.69, 9.17) is 11.5 Å². The summed E-state index contributed by atoms with van der Waals surface area (Å²) in [5, 5.41) is 6.63. The Morgan fingerprint density at radius 1 is 0.578 bits per heavy atom. The summed E-state index contributed by atoms with van der Waals surface area (Å²) < 4.78 is 31.4. The van der Waals surface area contributed by atoms with Gasteiger partial charge in [0.25, 0.3) is 11.1 Å². The third kappa shape index (κ3) is 7.56. The highest BCUT2D eigenvalue weighted by Crippen LogP contribution is 2.33. The quantitative estimate of drug-likeness (QED) is 0.0865. The lowest BCUT2D eigenvalue weighted by molar-refractivity contribution is 0.628. The van der Waals surface area contributed by atoms with Crippen molar-refractivity contribution in [2.45, 2.75) is 39.8 Å². The lowest BCUT2D eigenvalue weighted by Gasteiger charge is -2.20. The predicted molar refractivity (Wildman–Crippen MR) is 244 cm³/mol. The minimum atomic E-state index is -0.411. The molecule has 0 fully saturated rings. The zero-order valence-electron chi connectivity index (χ0n) is 34.9. The van der Waals surface area contributed by atoms with Gasteiger partial charge in [0.1, 0.15) is 22.7 Å². The Morgan fingerprint density at radius 2 is 0.984 bits per heavy atom. The molecule has 8 heterocycles. The van der Waals surface area contributed by atoms with Crippen LogP contribution in [0.15, 0.2) is 119 Å². The Hall–Kier alpha value is -8.54. The van der Waals surface area contributed by atoms with E-state index in [2.05, 4.69) is 50.5 Å². The molecule has 0 aliphatic carbocycles. The van der Waals surface area contributed by atoms with E-state index in [0.29, 0.717) is 67.3 Å². The van der Waals surface area contributed by atoms with E-state index in [0.717, 1.165) is 22.4 Å². The van der Waals surface area contributed by atoms with Gasteiger partial charge in [0.2, 0.25) is 11.9 Å². The number of anilines is 4. The summed E-state index contributed by atoms with van der Waals surface area (Å²) in [5.74, 6) is 0.272. The van der Waals surface area contributed by atoms with Gasteiger partial charge in [-0.3, -0.25) is 18.4 Å². The van der Waals surface area contributed by atoms with Crippen molar-refractivity contribution in [3.8, 4) is 22.3 Å². The molecule has 0 radical (unpaired) electrons. The Morgan fingerprint density at radius 3 is 1.39 bits per heavy atom. The molecule has 2 aromatic carbocycles. The first-order valence-corrected chi connectivity index (χ1v) is 20.1. The molecular formula is C46H40F2N14O2. The molecule has 64 heavy (non-hydrogen) atoms. The van der Waals surface area contributed by atoms with Crippen LogP contribution in [0.4, 0.5) is 32.3 Å². The van der Waals surface area contributed by atoms with Gasteiger partial charge >= 0.3 is 0 Å². The zero-order chi connectivity index (χ0) is 44.8. The van der Waals surface area contributed by atoms with Crippen molar-refractivity contribution >= 4 is 56.9 Å². The normalized spacial score (nSPS) is 12.3. The third-order valence-electron chi connectivity index (χ3n) is 10.9. The number of aromatic nitrogens is 10. The Kier molecular flexibility index (Phi) is 10.5. The number of nitrogen functional groups attached to an aromatic ring is 2. The second-order valence-corrected chi connectivity index (χ2v) is 15.2. The van der Waals surface area contributed by atoms with Gasteiger partial charge in [-0.2, -0.15) is 19.9 Å². The fourth-order valence-electron chi connectivity index (χ4n) is 8.02. The molecule has 0 amide bonds. The summed E-state index contributed by atoms with van der Waals surface area (Å²) in [7, 11) is 0. The summed E-state index contributed by atoms with van der Waals surface area (Å²) in [4.78, 5) is 58.3. The summed E-state index contributed by atoms with van der Waals surface area (Å²) in [6, 6.07) is 26.5. The summed E-state index contributed by atoms with van der Waals surface area (Å²) >= 11 is 0. The topological polar surface area (TPSA) is 228 Å². The largest absolute Gasteiger partial charge is 0.368 e. The molecule has 16 nitrogen and oxygen atoms in total. The monoisotopic (exact) mass is 858 g/mol. The molecule has 0 spiro atoms. The van der Waals surface area contributed by atoms with E-state index in [1.54, 1.807) is 33.1 Å². The molecule has 18 heteroatoms. The number of aryl methyl sites for hydroxylation is 2. The standard InChI is InChI=1S/2C23H20FN7O/c2*1-12-5-3-8-16-10-17(18(22(32)31(12)16)14-6-4-7-15(24)9-14)13(2)28-21-19-20(27-11-26-19)29-23(25)30-21/h2*3-11,13H,1-2H3,(H4,25,26,27,28,29,30)/t2*13-/m10/s1. The molecule has 0 bridgehead atoms. The van der Waals surface area contributed by atoms with Gasteiger partial charge < -0.3 is 32.1 Å². The molecule has 0 unspecified atom stereocenters. The van der Waals surface area contributed by atoms with Crippen molar-refractivity contribution < 1.29 is 8.78 Å². The molecule has 8 aromatic heterocycles. The number of hydrogen-bond acceptors (Lipinski definition) is 12. The van der Waals surface area contributed by atoms with Crippen LogP contribution < -0.4 is 33.2 Å². The first-order valence-electron chi connectivity index (χ1n) is 20.1. The van der Waals surface area contributed by atoms with Gasteiger partial charge in [-0.25, -0.2) is 18.7 Å². The number of H-pyrrole nitrogens is 2. The molecule has 0 aliphatic rings. The minimum absolute atomic E-state index is 0.0823. The van der Waals surface area contributed by atoms with Crippen LogP contribution in [0.5, 0.6) is 0 Å². The van der Waals surface area contributed by atoms with Gasteiger partial charge in [-0.15, -0.1) is 0 Å². The van der Waals surface area contributed by atoms with E-state index >= 15 is 0 Å². The van der Waals surface area contributed by atoms with Crippen LogP contribution in [0, 0.1) is 25.5 Å². The van der Waals surface area contributed by atoms with Gasteiger partial charge in [-0.05, 0) is 111 Å². The van der Waals surface area contributed by atoms with Gasteiger partial charge in [0.15, 0.2) is 22.9 Å². The van der Waals surface area contributed by atoms with E-state index in [9.17, 15) is 18.4 Å². The molecule has 2 atom stereocenters. The number of halogens is 2. The van der Waals surface area contributed by atoms with Crippen molar-refractivity contribution in [3.05, 3.63) is 165 Å². The molecule has 0 saturated carbocycles. The number of nitrogens with one attached hydrogen (secondary N) is 4. The highest BCUT2D eigenvalue weighted by atomic mass is 19.1. The molecule has 8 N–H and O–H groups in total. The van der Waals surface area contributed by atoms with Crippen molar-refractivity contribution in [2.24, 2.45) is 0 Å². The third-order valence-corrected chi connectivity index (χ3v) is 10.9. The van der Waals surface area contributed by atoms with E-state index in [-0.39, 0.29) is 35.1 Å². The van der Waals surface area contributed by atoms with Crippen LogP contribution >= 0.6 is 0 Å². The predicted octanol–water partition coefficient (Wildman–Crippen LogP) is 7.67. The number of pyridine rings is 4. The molecule has 0 aliphatic heterocycles. The first-order chi connectivity index (χ1) is 30.8. The first kappa shape index (κ1) is 40.8. The Balaban J connectivity index is 0.000000162. The average Bonchev–Trinajstić information content (AvgIpc) is 3.94. The molecule has 10 aromatic rings. The van der Waals surface area contributed by atoms with Crippen molar-refractivity contribution in [1.82, 2.24) is 48.7 Å². The highest BCUT2D eigenvalue weighted by molar-refractivity contribution is 5.85. The van der Waals surface area contributed by atoms with E-state index in [1.807, 2.05) is 76.2 Å². The van der Waals surface area contributed by atoms with Crippen LogP contribution in [0.2, 0.25) is 0 Å². The van der Waals surface area contributed by atoms with Crippen molar-refractivity contribution in [3.63, 3.8) is 0 Å². The number of aromatic amines is 2. The van der Waals surface area contributed by atoms with Crippen LogP contribution in [-0.4, -0.2) is 48.7 Å². The highest BCUT2D eigenvalue weighted by Gasteiger charge is 2.23. The number of fused-ring (bicyclic) bond motifs is 4. The van der Waals surface area contributed by atoms with Crippen molar-refractivity contribution in [1.29, 1.82) is 0 Å². The molecule has 320 valence electrons. The van der Waals surface area contributed by atoms with Crippen LogP contribution in [0.25, 0.3) is 55.6 Å². The van der Waals surface area contributed by atoms with E-state index < -0.39 is 11.6 Å². The second-order valence-electron chi connectivity index (χ2n) is 15.2. The molecular weight excluding hydrogens is 819 g/mol. The maximum Gasteiger partial charge on any atom is 0.263 e. The van der Waals surface area contributed by atoms with Crippen LogP contribution in [0.3, 0.4) is 0 Å². The number of imidazole rings is 2. The SMILES string of the molecule is Cc1cccc2cc([C@@H](C)Nc3nc(N)nc4nc[nH]c34)c(-c3cccc(F)c3)c(=O)n12.Cc1cccc2cc([C@H](C)Nc3nc(N)nc4nc[nH]c34)c(-c3cccc(F)c3)c(=O)n12. The maximum atomic E-state index is 14.1. The molecule has 0 saturated heterocycles. The lowest BCUT2D eigenvalue weighted by Crippen LogP contribution is -2.22. The summed E-state index contributed by atoms with van der Waals surface area (Å²) in [6.07, 6.45) is 3.02. The zero-order valence-corrected chi connectivity index (χ0v) is 34.9. The fourth-order valence-corrected chi connectivity index (χ4v) is 8.02. The number of nitrogens with zero attached hydrogens (tertiary/aromatic N) is 8. The summed E-state index contributed by atoms with van der Waals surface area (Å²) in [6.45, 7) is 7.54. The number of rotatable bonds is 8. The van der Waals surface area contributed by atoms with Gasteiger partial charge in [-0.1, -0.05) is 36.4 Å². The van der Waals surface area contributed by atoms with E-state index in [1.165, 1.54) is 36.9 Å². The second kappa shape index (κ2) is 16.4. The number of hydrogen-bond donors (Lipinski definition) is 6. The summed E-state index contributed by atoms with van der Waals surface area (Å²) in [5.41, 5.74) is 19.6. The average molecular weight is 859 g/mol. The smallest absolute Gasteiger partial charge is 0.263 e.